The summed E-state index contributed by atoms with van der Waals surface area (Å²) in [6, 6.07) is 10.6. The number of nitrogens with one attached hydrogen (secondary N) is 1. The van der Waals surface area contributed by atoms with E-state index in [9.17, 15) is 22.8 Å². The maximum Gasteiger partial charge on any atom is 0.417 e. The number of hydrogen-bond acceptors (Lipinski definition) is 4. The molecule has 1 aromatic heterocycles. The number of fused-ring (bicyclic) bond motifs is 1. The van der Waals surface area contributed by atoms with Gasteiger partial charge in [0.2, 0.25) is 11.8 Å². The molecule has 30 heavy (non-hydrogen) atoms. The predicted octanol–water partition coefficient (Wildman–Crippen LogP) is 4.84. The highest BCUT2D eigenvalue weighted by atomic mass is 35.5. The summed E-state index contributed by atoms with van der Waals surface area (Å²) < 4.78 is 39.3. The lowest BCUT2D eigenvalue weighted by Crippen LogP contribution is -2.31. The summed E-state index contributed by atoms with van der Waals surface area (Å²) in [5.74, 6) is 0.248. The van der Waals surface area contributed by atoms with E-state index in [2.05, 4.69) is 9.97 Å². The highest BCUT2D eigenvalue weighted by Crippen LogP contribution is 2.38. The molecule has 0 radical (unpaired) electrons. The highest BCUT2D eigenvalue weighted by Gasteiger charge is 2.41. The Morgan fingerprint density at radius 2 is 1.97 bits per heavy atom. The van der Waals surface area contributed by atoms with Crippen LogP contribution in [-0.2, 0) is 22.2 Å². The molecule has 1 saturated heterocycles. The van der Waals surface area contributed by atoms with Crippen molar-refractivity contribution in [1.82, 2.24) is 9.97 Å². The van der Waals surface area contributed by atoms with E-state index in [-0.39, 0.29) is 12.1 Å². The van der Waals surface area contributed by atoms with E-state index in [1.54, 1.807) is 0 Å². The molecule has 0 saturated carbocycles. The van der Waals surface area contributed by atoms with Crippen molar-refractivity contribution in [1.29, 1.82) is 0 Å². The van der Waals surface area contributed by atoms with Gasteiger partial charge in [0.25, 0.3) is 0 Å². The topological polar surface area (TPSA) is 66.1 Å². The fourth-order valence-electron chi connectivity index (χ4n) is 3.30. The lowest BCUT2D eigenvalue weighted by Gasteiger charge is -2.17. The van der Waals surface area contributed by atoms with Crippen molar-refractivity contribution in [3.8, 4) is 0 Å². The van der Waals surface area contributed by atoms with E-state index >= 15 is 0 Å². The number of amides is 2. The Balaban J connectivity index is 1.44. The van der Waals surface area contributed by atoms with Gasteiger partial charge in [-0.25, -0.2) is 9.88 Å². The van der Waals surface area contributed by atoms with E-state index in [1.165, 1.54) is 17.8 Å². The van der Waals surface area contributed by atoms with Crippen LogP contribution < -0.4 is 4.90 Å². The van der Waals surface area contributed by atoms with Crippen LogP contribution in [0.1, 0.15) is 17.8 Å². The normalized spacial score (nSPS) is 17.3. The lowest BCUT2D eigenvalue weighted by atomic mass is 10.2. The molecule has 0 spiro atoms. The van der Waals surface area contributed by atoms with E-state index in [1.807, 2.05) is 24.3 Å². The molecule has 3 aromatic rings. The number of thioether (sulfide) groups is 1. The molecule has 0 bridgehead atoms. The number of aryl methyl sites for hydroxylation is 1. The third kappa shape index (κ3) is 4.04. The van der Waals surface area contributed by atoms with Crippen LogP contribution in [0.2, 0.25) is 5.02 Å². The molecule has 1 fully saturated rings. The number of carbonyl (C=O) groups excluding carboxylic acids is 2. The van der Waals surface area contributed by atoms with Crippen molar-refractivity contribution in [2.75, 3.05) is 10.7 Å². The number of benzene rings is 2. The van der Waals surface area contributed by atoms with Crippen LogP contribution in [0.5, 0.6) is 0 Å². The number of rotatable bonds is 5. The summed E-state index contributed by atoms with van der Waals surface area (Å²) in [6.07, 6.45) is -4.18. The first-order chi connectivity index (χ1) is 14.2. The van der Waals surface area contributed by atoms with Gasteiger partial charge in [0, 0.05) is 18.6 Å². The third-order valence-electron chi connectivity index (χ3n) is 4.72. The van der Waals surface area contributed by atoms with E-state index in [0.29, 0.717) is 12.2 Å². The van der Waals surface area contributed by atoms with Gasteiger partial charge in [-0.2, -0.15) is 13.2 Å². The summed E-state index contributed by atoms with van der Waals surface area (Å²) in [6.45, 7) is 0. The number of imide groups is 1. The molecule has 2 aromatic carbocycles. The number of imidazole rings is 1. The molecular weight excluding hydrogens is 439 g/mol. The monoisotopic (exact) mass is 453 g/mol. The molecule has 10 heteroatoms. The van der Waals surface area contributed by atoms with Crippen molar-refractivity contribution in [2.45, 2.75) is 24.3 Å². The molecule has 156 valence electrons. The molecule has 1 aliphatic heterocycles. The average Bonchev–Trinajstić information content (AvgIpc) is 3.22. The molecule has 1 N–H and O–H groups in total. The van der Waals surface area contributed by atoms with Gasteiger partial charge in [0.15, 0.2) is 0 Å². The van der Waals surface area contributed by atoms with Crippen LogP contribution in [0.3, 0.4) is 0 Å². The van der Waals surface area contributed by atoms with Crippen molar-refractivity contribution in [3.05, 3.63) is 58.9 Å². The Hall–Kier alpha value is -2.52. The number of alkyl halides is 3. The number of H-pyrrole nitrogens is 1. The van der Waals surface area contributed by atoms with Gasteiger partial charge in [-0.05, 0) is 30.3 Å². The summed E-state index contributed by atoms with van der Waals surface area (Å²) in [4.78, 5) is 33.5. The zero-order valence-electron chi connectivity index (χ0n) is 15.4. The molecule has 1 aliphatic rings. The van der Waals surface area contributed by atoms with Crippen molar-refractivity contribution >= 4 is 51.9 Å². The number of halogens is 4. The number of aromatic amines is 1. The van der Waals surface area contributed by atoms with Crippen LogP contribution in [0, 0.1) is 0 Å². The number of aromatic nitrogens is 2. The minimum Gasteiger partial charge on any atom is -0.342 e. The van der Waals surface area contributed by atoms with E-state index < -0.39 is 33.8 Å². The lowest BCUT2D eigenvalue weighted by molar-refractivity contribution is -0.137. The molecule has 5 nitrogen and oxygen atoms in total. The number of para-hydroxylation sites is 2. The van der Waals surface area contributed by atoms with Gasteiger partial charge >= 0.3 is 6.18 Å². The SMILES string of the molecule is O=C1C[C@@H](SCCc2nc3ccccc3[nH]2)C(=O)N1c1ccc(Cl)c(C(F)(F)F)c1. The summed E-state index contributed by atoms with van der Waals surface area (Å²) in [5.41, 5.74) is 0.559. The fraction of sp³-hybridized carbons (Fsp3) is 0.250. The summed E-state index contributed by atoms with van der Waals surface area (Å²) in [7, 11) is 0. The van der Waals surface area contributed by atoms with Gasteiger partial charge in [-0.1, -0.05) is 23.7 Å². The second-order valence-corrected chi connectivity index (χ2v) is 8.46. The second-order valence-electron chi connectivity index (χ2n) is 6.74. The largest absolute Gasteiger partial charge is 0.417 e. The zero-order valence-corrected chi connectivity index (χ0v) is 16.9. The maximum atomic E-state index is 13.1. The first-order valence-electron chi connectivity index (χ1n) is 9.03. The van der Waals surface area contributed by atoms with Crippen LogP contribution >= 0.6 is 23.4 Å². The van der Waals surface area contributed by atoms with Crippen LogP contribution in [0.4, 0.5) is 18.9 Å². The number of hydrogen-bond donors (Lipinski definition) is 1. The molecule has 4 rings (SSSR count). The van der Waals surface area contributed by atoms with Crippen LogP contribution in [0.25, 0.3) is 11.0 Å². The van der Waals surface area contributed by atoms with E-state index in [0.717, 1.165) is 33.9 Å². The predicted molar refractivity (Wildman–Crippen MR) is 110 cm³/mol. The maximum absolute atomic E-state index is 13.1. The smallest absolute Gasteiger partial charge is 0.342 e. The molecule has 0 unspecified atom stereocenters. The zero-order chi connectivity index (χ0) is 21.5. The Morgan fingerprint density at radius 1 is 1.20 bits per heavy atom. The van der Waals surface area contributed by atoms with Crippen LogP contribution in [0.15, 0.2) is 42.5 Å². The summed E-state index contributed by atoms with van der Waals surface area (Å²) in [5, 5.41) is -1.13. The molecule has 2 amide bonds. The number of anilines is 1. The molecule has 2 heterocycles. The minimum atomic E-state index is -4.68. The van der Waals surface area contributed by atoms with Crippen molar-refractivity contribution in [3.63, 3.8) is 0 Å². The first-order valence-corrected chi connectivity index (χ1v) is 10.5. The highest BCUT2D eigenvalue weighted by molar-refractivity contribution is 8.00. The molecule has 1 atom stereocenters. The van der Waals surface area contributed by atoms with Crippen molar-refractivity contribution in [2.24, 2.45) is 0 Å². The van der Waals surface area contributed by atoms with Gasteiger partial charge < -0.3 is 4.98 Å². The van der Waals surface area contributed by atoms with Crippen LogP contribution in [-0.4, -0.2) is 32.8 Å². The first kappa shape index (κ1) is 20.7. The summed E-state index contributed by atoms with van der Waals surface area (Å²) >= 11 is 6.92. The fourth-order valence-corrected chi connectivity index (χ4v) is 4.63. The quantitative estimate of drug-likeness (QED) is 0.561. The van der Waals surface area contributed by atoms with E-state index in [4.69, 9.17) is 11.6 Å². The van der Waals surface area contributed by atoms with Gasteiger partial charge in [0.05, 0.1) is 32.6 Å². The van der Waals surface area contributed by atoms with Gasteiger partial charge in [0.1, 0.15) is 5.82 Å². The standard InChI is InChI=1S/C20H15ClF3N3O2S/c21-13-6-5-11(9-12(13)20(22,23)24)27-18(28)10-16(19(27)29)30-8-7-17-25-14-3-1-2-4-15(14)26-17/h1-6,9,16H,7-8,10H2,(H,25,26)/t16-/m1/s1. The molecule has 0 aliphatic carbocycles. The Bertz CT molecular complexity index is 1100. The Labute approximate surface area is 178 Å². The van der Waals surface area contributed by atoms with Gasteiger partial charge in [-0.15, -0.1) is 11.8 Å². The number of nitrogens with zero attached hydrogens (tertiary/aromatic N) is 2. The third-order valence-corrected chi connectivity index (χ3v) is 6.26. The Morgan fingerprint density at radius 3 is 2.70 bits per heavy atom. The van der Waals surface area contributed by atoms with Gasteiger partial charge in [-0.3, -0.25) is 9.59 Å². The average molecular weight is 454 g/mol. The second kappa shape index (κ2) is 7.96. The minimum absolute atomic E-state index is 0.0619. The molecular formula is C20H15ClF3N3O2S. The number of carbonyl (C=O) groups is 2. The van der Waals surface area contributed by atoms with Crippen molar-refractivity contribution < 1.29 is 22.8 Å². The Kier molecular flexibility index (Phi) is 5.50.